The molecular weight excluding hydrogens is 214 g/mol. The molecule has 2 rings (SSSR count). The fraction of sp³-hybridized carbons (Fsp3) is 0.385. The summed E-state index contributed by atoms with van der Waals surface area (Å²) in [5, 5.41) is 4.56. The van der Waals surface area contributed by atoms with Crippen molar-refractivity contribution in [3.8, 4) is 11.6 Å². The van der Waals surface area contributed by atoms with Gasteiger partial charge in [-0.3, -0.25) is 0 Å². The maximum absolute atomic E-state index is 5.10. The predicted octanol–water partition coefficient (Wildman–Crippen LogP) is 2.57. The molecule has 2 aromatic heterocycles. The minimum atomic E-state index is 0.0579. The quantitative estimate of drug-likeness (QED) is 0.797. The highest BCUT2D eigenvalue weighted by atomic mass is 16.5. The largest absolute Gasteiger partial charge is 0.481 e. The van der Waals surface area contributed by atoms with Crippen LogP contribution in [-0.4, -0.2) is 21.9 Å². The van der Waals surface area contributed by atoms with Crippen LogP contribution in [-0.2, 0) is 5.41 Å². The number of ether oxygens (including phenoxy) is 1. The number of hydrogen-bond donors (Lipinski definition) is 0. The fourth-order valence-electron chi connectivity index (χ4n) is 1.52. The van der Waals surface area contributed by atoms with Gasteiger partial charge in [0.05, 0.1) is 18.5 Å². The molecule has 0 aliphatic rings. The van der Waals surface area contributed by atoms with Gasteiger partial charge in [-0.1, -0.05) is 20.8 Å². The first-order valence-electron chi connectivity index (χ1n) is 5.57. The van der Waals surface area contributed by atoms with Crippen LogP contribution >= 0.6 is 0 Å². The summed E-state index contributed by atoms with van der Waals surface area (Å²) < 4.78 is 6.94. The molecule has 0 N–H and O–H groups in total. The Morgan fingerprint density at radius 3 is 2.59 bits per heavy atom. The van der Waals surface area contributed by atoms with Crippen LogP contribution in [0.5, 0.6) is 5.88 Å². The summed E-state index contributed by atoms with van der Waals surface area (Å²) >= 11 is 0. The summed E-state index contributed by atoms with van der Waals surface area (Å²) in [7, 11) is 1.61. The van der Waals surface area contributed by atoms with E-state index in [9.17, 15) is 0 Å². The molecular formula is C13H17N3O. The summed E-state index contributed by atoms with van der Waals surface area (Å²) in [5.41, 5.74) is 2.07. The van der Waals surface area contributed by atoms with Crippen molar-refractivity contribution >= 4 is 0 Å². The Bertz CT molecular complexity index is 511. The summed E-state index contributed by atoms with van der Waals surface area (Å²) in [6, 6.07) is 5.80. The van der Waals surface area contributed by atoms with Gasteiger partial charge in [-0.25, -0.2) is 9.67 Å². The van der Waals surface area contributed by atoms with Crippen molar-refractivity contribution in [2.75, 3.05) is 7.11 Å². The molecule has 0 aliphatic heterocycles. The van der Waals surface area contributed by atoms with Crippen molar-refractivity contribution in [2.24, 2.45) is 0 Å². The molecule has 0 aliphatic carbocycles. The van der Waals surface area contributed by atoms with E-state index in [0.29, 0.717) is 5.88 Å². The Labute approximate surface area is 101 Å². The highest BCUT2D eigenvalue weighted by molar-refractivity contribution is 5.34. The molecule has 0 saturated heterocycles. The van der Waals surface area contributed by atoms with Gasteiger partial charge < -0.3 is 4.74 Å². The van der Waals surface area contributed by atoms with Gasteiger partial charge in [-0.15, -0.1) is 0 Å². The summed E-state index contributed by atoms with van der Waals surface area (Å²) in [4.78, 5) is 4.08. The zero-order chi connectivity index (χ0) is 12.5. The molecule has 0 radical (unpaired) electrons. The Morgan fingerprint density at radius 2 is 2.00 bits per heavy atom. The van der Waals surface area contributed by atoms with E-state index in [1.165, 1.54) is 0 Å². The van der Waals surface area contributed by atoms with E-state index in [1.807, 2.05) is 29.1 Å². The first kappa shape index (κ1) is 11.6. The highest BCUT2D eigenvalue weighted by Gasteiger charge is 2.17. The highest BCUT2D eigenvalue weighted by Crippen LogP contribution is 2.21. The number of aromatic nitrogens is 3. The van der Waals surface area contributed by atoms with Gasteiger partial charge in [0.2, 0.25) is 5.88 Å². The first-order valence-corrected chi connectivity index (χ1v) is 5.57. The summed E-state index contributed by atoms with van der Waals surface area (Å²) in [5.74, 6) is 0.593. The van der Waals surface area contributed by atoms with E-state index in [0.717, 1.165) is 11.4 Å². The van der Waals surface area contributed by atoms with Gasteiger partial charge in [0.1, 0.15) is 0 Å². The molecule has 0 aromatic carbocycles. The van der Waals surface area contributed by atoms with Crippen molar-refractivity contribution in [1.29, 1.82) is 0 Å². The normalized spacial score (nSPS) is 11.5. The number of hydrogen-bond acceptors (Lipinski definition) is 3. The zero-order valence-corrected chi connectivity index (χ0v) is 10.6. The van der Waals surface area contributed by atoms with E-state index in [4.69, 9.17) is 4.74 Å². The molecule has 4 heteroatoms. The minimum Gasteiger partial charge on any atom is -0.481 e. The van der Waals surface area contributed by atoms with Crippen molar-refractivity contribution in [3.05, 3.63) is 36.3 Å². The van der Waals surface area contributed by atoms with Gasteiger partial charge in [-0.05, 0) is 12.1 Å². The predicted molar refractivity (Wildman–Crippen MR) is 66.6 cm³/mol. The van der Waals surface area contributed by atoms with Crippen molar-refractivity contribution in [1.82, 2.24) is 14.8 Å². The van der Waals surface area contributed by atoms with Crippen LogP contribution in [0.25, 0.3) is 5.69 Å². The fourth-order valence-corrected chi connectivity index (χ4v) is 1.52. The molecule has 0 saturated carbocycles. The van der Waals surface area contributed by atoms with Gasteiger partial charge in [0.25, 0.3) is 0 Å². The lowest BCUT2D eigenvalue weighted by molar-refractivity contribution is 0.397. The summed E-state index contributed by atoms with van der Waals surface area (Å²) in [6.45, 7) is 6.44. The second kappa shape index (κ2) is 4.20. The standard InChI is InChI=1S/C13H17N3O/c1-13(2,3)11-6-8-16(15-11)10-5-7-14-12(9-10)17-4/h5-9H,1-4H3. The van der Waals surface area contributed by atoms with Gasteiger partial charge in [0.15, 0.2) is 0 Å². The number of nitrogens with zero attached hydrogens (tertiary/aromatic N) is 3. The lowest BCUT2D eigenvalue weighted by Crippen LogP contribution is -2.12. The topological polar surface area (TPSA) is 39.9 Å². The molecule has 2 heterocycles. The van der Waals surface area contributed by atoms with Crippen LogP contribution < -0.4 is 4.74 Å². The van der Waals surface area contributed by atoms with E-state index in [-0.39, 0.29) is 5.41 Å². The maximum atomic E-state index is 5.10. The number of rotatable bonds is 2. The molecule has 90 valence electrons. The van der Waals surface area contributed by atoms with Crippen LogP contribution in [0, 0.1) is 0 Å². The average Bonchev–Trinajstić information content (AvgIpc) is 2.78. The minimum absolute atomic E-state index is 0.0579. The first-order chi connectivity index (χ1) is 8.00. The van der Waals surface area contributed by atoms with Crippen molar-refractivity contribution in [2.45, 2.75) is 26.2 Å². The number of methoxy groups -OCH3 is 1. The SMILES string of the molecule is COc1cc(-n2ccc(C(C)(C)C)n2)ccn1. The summed E-state index contributed by atoms with van der Waals surface area (Å²) in [6.07, 6.45) is 3.67. The van der Waals surface area contributed by atoms with Gasteiger partial charge in [-0.2, -0.15) is 5.10 Å². The van der Waals surface area contributed by atoms with E-state index >= 15 is 0 Å². The molecule has 2 aromatic rings. The molecule has 0 unspecified atom stereocenters. The van der Waals surface area contributed by atoms with E-state index in [2.05, 4.69) is 30.9 Å². The number of pyridine rings is 1. The maximum Gasteiger partial charge on any atom is 0.215 e. The average molecular weight is 231 g/mol. The third-order valence-corrected chi connectivity index (χ3v) is 2.55. The van der Waals surface area contributed by atoms with Crippen LogP contribution in [0.15, 0.2) is 30.6 Å². The Morgan fingerprint density at radius 1 is 1.24 bits per heavy atom. The van der Waals surface area contributed by atoms with Crippen LogP contribution in [0.1, 0.15) is 26.5 Å². The second-order valence-corrected chi connectivity index (χ2v) is 4.95. The molecule has 4 nitrogen and oxygen atoms in total. The van der Waals surface area contributed by atoms with E-state index in [1.54, 1.807) is 13.3 Å². The molecule has 17 heavy (non-hydrogen) atoms. The smallest absolute Gasteiger partial charge is 0.215 e. The Kier molecular flexibility index (Phi) is 2.88. The lowest BCUT2D eigenvalue weighted by atomic mass is 9.93. The van der Waals surface area contributed by atoms with Crippen molar-refractivity contribution < 1.29 is 4.74 Å². The Hall–Kier alpha value is -1.84. The van der Waals surface area contributed by atoms with Gasteiger partial charge >= 0.3 is 0 Å². The molecule has 0 amide bonds. The third-order valence-electron chi connectivity index (χ3n) is 2.55. The van der Waals surface area contributed by atoms with Crippen LogP contribution in [0.4, 0.5) is 0 Å². The van der Waals surface area contributed by atoms with Gasteiger partial charge in [0, 0.05) is 23.9 Å². The monoisotopic (exact) mass is 231 g/mol. The molecule has 0 fully saturated rings. The molecule has 0 atom stereocenters. The molecule has 0 bridgehead atoms. The van der Waals surface area contributed by atoms with Crippen LogP contribution in [0.2, 0.25) is 0 Å². The van der Waals surface area contributed by atoms with Crippen LogP contribution in [0.3, 0.4) is 0 Å². The third kappa shape index (κ3) is 2.46. The molecule has 0 spiro atoms. The second-order valence-electron chi connectivity index (χ2n) is 4.95. The van der Waals surface area contributed by atoms with E-state index < -0.39 is 0 Å². The van der Waals surface area contributed by atoms with Crippen molar-refractivity contribution in [3.63, 3.8) is 0 Å². The zero-order valence-electron chi connectivity index (χ0n) is 10.6. The lowest BCUT2D eigenvalue weighted by Gasteiger charge is -2.14. The Balaban J connectivity index is 2.37.